The zero-order valence-electron chi connectivity index (χ0n) is 22.7. The minimum Gasteiger partial charge on any atom is -0.360 e. The van der Waals surface area contributed by atoms with Crippen molar-refractivity contribution in [1.82, 2.24) is 24.1 Å². The van der Waals surface area contributed by atoms with Crippen LogP contribution >= 0.6 is 11.8 Å². The zero-order valence-corrected chi connectivity index (χ0v) is 24.4. The molecule has 9 nitrogen and oxygen atoms in total. The number of nitrogens with one attached hydrogen (secondary N) is 2. The molecule has 1 aliphatic rings. The van der Waals surface area contributed by atoms with Gasteiger partial charge in [0.15, 0.2) is 11.0 Å². The highest BCUT2D eigenvalue weighted by Gasteiger charge is 2.27. The number of H-pyrrole nitrogens is 1. The first-order valence-corrected chi connectivity index (χ1v) is 15.8. The van der Waals surface area contributed by atoms with E-state index in [0.717, 1.165) is 40.6 Å². The maximum Gasteiger partial charge on any atom is 0.243 e. The van der Waals surface area contributed by atoms with Crippen LogP contribution in [0.1, 0.15) is 25.3 Å². The number of nitrogens with zero attached hydrogens (tertiary/aromatic N) is 4. The van der Waals surface area contributed by atoms with E-state index in [-0.39, 0.29) is 10.8 Å². The normalized spacial score (nSPS) is 14.9. The van der Waals surface area contributed by atoms with Crippen molar-refractivity contribution < 1.29 is 13.2 Å². The minimum atomic E-state index is -3.51. The van der Waals surface area contributed by atoms with Gasteiger partial charge in [0.25, 0.3) is 0 Å². The van der Waals surface area contributed by atoms with Crippen LogP contribution in [0.5, 0.6) is 0 Å². The van der Waals surface area contributed by atoms with Gasteiger partial charge in [0.05, 0.1) is 10.1 Å². The van der Waals surface area contributed by atoms with Crippen LogP contribution in [-0.4, -0.2) is 56.7 Å². The van der Waals surface area contributed by atoms with Crippen LogP contribution in [0.3, 0.4) is 0 Å². The Balaban J connectivity index is 1.24. The molecule has 3 aromatic carbocycles. The lowest BCUT2D eigenvalue weighted by atomic mass is 10.1. The average Bonchev–Trinajstić information content (AvgIpc) is 3.73. The monoisotopic (exact) mass is 586 g/mol. The lowest BCUT2D eigenvalue weighted by Crippen LogP contribution is -2.27. The van der Waals surface area contributed by atoms with Crippen LogP contribution in [0.15, 0.2) is 89.0 Å². The summed E-state index contributed by atoms with van der Waals surface area (Å²) in [6.45, 7) is 4.94. The summed E-state index contributed by atoms with van der Waals surface area (Å²) >= 11 is 1.31. The molecule has 0 aliphatic carbocycles. The number of hydrogen-bond donors (Lipinski definition) is 2. The van der Waals surface area contributed by atoms with Gasteiger partial charge in [-0.15, -0.1) is 10.2 Å². The minimum absolute atomic E-state index is 0.224. The second-order valence-electron chi connectivity index (χ2n) is 10.1. The number of hydrogen-bond acceptors (Lipinski definition) is 6. The third kappa shape index (κ3) is 5.40. The molecule has 210 valence electrons. The van der Waals surface area contributed by atoms with Gasteiger partial charge in [0, 0.05) is 47.1 Å². The number of amides is 1. The second kappa shape index (κ2) is 11.2. The molecule has 1 aliphatic heterocycles. The molecule has 2 aromatic heterocycles. The molecule has 6 rings (SSSR count). The van der Waals surface area contributed by atoms with Gasteiger partial charge in [-0.3, -0.25) is 9.36 Å². The Hall–Kier alpha value is -3.93. The molecule has 0 radical (unpaired) electrons. The molecular weight excluding hydrogens is 557 g/mol. The van der Waals surface area contributed by atoms with E-state index >= 15 is 0 Å². The molecule has 0 saturated carbocycles. The molecule has 3 heterocycles. The van der Waals surface area contributed by atoms with E-state index in [2.05, 4.69) is 26.6 Å². The number of thioether (sulfide) groups is 1. The summed E-state index contributed by atoms with van der Waals surface area (Å²) in [4.78, 5) is 16.7. The third-order valence-corrected chi connectivity index (χ3v) is 10.2. The highest BCUT2D eigenvalue weighted by atomic mass is 32.2. The zero-order chi connectivity index (χ0) is 28.6. The van der Waals surface area contributed by atoms with Gasteiger partial charge in [0.1, 0.15) is 0 Å². The van der Waals surface area contributed by atoms with Gasteiger partial charge in [-0.1, -0.05) is 42.1 Å². The number of carbonyl (C=O) groups is 1. The molecule has 0 unspecified atom stereocenters. The molecule has 41 heavy (non-hydrogen) atoms. The van der Waals surface area contributed by atoms with Gasteiger partial charge in [-0.05, 0) is 74.7 Å². The molecule has 1 fully saturated rings. The van der Waals surface area contributed by atoms with Crippen molar-refractivity contribution in [1.29, 1.82) is 0 Å². The predicted molar refractivity (Wildman–Crippen MR) is 162 cm³/mol. The third-order valence-electron chi connectivity index (χ3n) is 7.20. The number of para-hydroxylation sites is 1. The van der Waals surface area contributed by atoms with Crippen molar-refractivity contribution in [2.45, 2.75) is 42.0 Å². The summed E-state index contributed by atoms with van der Waals surface area (Å²) in [6.07, 6.45) is 3.69. The Labute approximate surface area is 243 Å². The van der Waals surface area contributed by atoms with E-state index in [1.807, 2.05) is 67.1 Å². The molecule has 11 heteroatoms. The highest BCUT2D eigenvalue weighted by Crippen LogP contribution is 2.34. The number of sulfonamides is 1. The Bertz CT molecular complexity index is 1820. The number of aryl methyl sites for hydroxylation is 1. The van der Waals surface area contributed by atoms with Crippen molar-refractivity contribution in [3.8, 4) is 17.1 Å². The SMILES string of the molecule is Cc1cccc(-n2c(S[C@@H](C)C(=O)Nc3ccc(S(=O)(=O)N4CCCC4)cc3)nnc2-c2c[nH]c3ccccc23)c1. The van der Waals surface area contributed by atoms with Gasteiger partial charge in [0.2, 0.25) is 15.9 Å². The Morgan fingerprint density at radius 2 is 1.76 bits per heavy atom. The Morgan fingerprint density at radius 1 is 1.00 bits per heavy atom. The summed E-state index contributed by atoms with van der Waals surface area (Å²) in [5.74, 6) is 0.454. The topological polar surface area (TPSA) is 113 Å². The van der Waals surface area contributed by atoms with Gasteiger partial charge >= 0.3 is 0 Å². The number of fused-ring (bicyclic) bond motifs is 1. The van der Waals surface area contributed by atoms with Crippen LogP contribution in [0.4, 0.5) is 5.69 Å². The summed E-state index contributed by atoms with van der Waals surface area (Å²) in [7, 11) is -3.51. The summed E-state index contributed by atoms with van der Waals surface area (Å²) < 4.78 is 29.1. The Morgan fingerprint density at radius 3 is 2.51 bits per heavy atom. The van der Waals surface area contributed by atoms with E-state index in [4.69, 9.17) is 0 Å². The Kier molecular flexibility index (Phi) is 7.41. The number of anilines is 1. The fourth-order valence-electron chi connectivity index (χ4n) is 5.02. The maximum absolute atomic E-state index is 13.2. The number of benzene rings is 3. The predicted octanol–water partition coefficient (Wildman–Crippen LogP) is 5.63. The second-order valence-corrected chi connectivity index (χ2v) is 13.4. The molecule has 1 saturated heterocycles. The quantitative estimate of drug-likeness (QED) is 0.228. The largest absolute Gasteiger partial charge is 0.360 e. The molecule has 2 N–H and O–H groups in total. The number of carbonyl (C=O) groups excluding carboxylic acids is 1. The number of aromatic nitrogens is 4. The van der Waals surface area contributed by atoms with E-state index in [1.165, 1.54) is 16.1 Å². The van der Waals surface area contributed by atoms with Crippen molar-refractivity contribution in [2.24, 2.45) is 0 Å². The lowest BCUT2D eigenvalue weighted by Gasteiger charge is -2.16. The van der Waals surface area contributed by atoms with Crippen LogP contribution in [0, 0.1) is 6.92 Å². The molecule has 1 amide bonds. The summed E-state index contributed by atoms with van der Waals surface area (Å²) in [6, 6.07) is 22.5. The van der Waals surface area contributed by atoms with Crippen LogP contribution < -0.4 is 5.32 Å². The highest BCUT2D eigenvalue weighted by molar-refractivity contribution is 8.00. The smallest absolute Gasteiger partial charge is 0.243 e. The molecular formula is C30H30N6O3S2. The van der Waals surface area contributed by atoms with Gasteiger partial charge < -0.3 is 10.3 Å². The van der Waals surface area contributed by atoms with E-state index < -0.39 is 15.3 Å². The maximum atomic E-state index is 13.2. The van der Waals surface area contributed by atoms with E-state index in [1.54, 1.807) is 24.3 Å². The average molecular weight is 587 g/mol. The molecule has 5 aromatic rings. The van der Waals surface area contributed by atoms with Crippen LogP contribution in [0.2, 0.25) is 0 Å². The fraction of sp³-hybridized carbons (Fsp3) is 0.233. The van der Waals surface area contributed by atoms with Crippen molar-refractivity contribution >= 4 is 44.3 Å². The summed E-state index contributed by atoms with van der Waals surface area (Å²) in [5, 5.41) is 13.1. The summed E-state index contributed by atoms with van der Waals surface area (Å²) in [5.41, 5.74) is 4.45. The first-order chi connectivity index (χ1) is 19.8. The lowest BCUT2D eigenvalue weighted by molar-refractivity contribution is -0.115. The van der Waals surface area contributed by atoms with E-state index in [9.17, 15) is 13.2 Å². The first kappa shape index (κ1) is 27.3. The number of rotatable bonds is 8. The van der Waals surface area contributed by atoms with Gasteiger partial charge in [-0.25, -0.2) is 8.42 Å². The first-order valence-electron chi connectivity index (χ1n) is 13.5. The van der Waals surface area contributed by atoms with Crippen LogP contribution in [0.25, 0.3) is 28.0 Å². The molecule has 1 atom stereocenters. The fourth-order valence-corrected chi connectivity index (χ4v) is 7.40. The van der Waals surface area contributed by atoms with Gasteiger partial charge in [-0.2, -0.15) is 4.31 Å². The van der Waals surface area contributed by atoms with E-state index in [0.29, 0.717) is 29.8 Å². The van der Waals surface area contributed by atoms with Crippen molar-refractivity contribution in [2.75, 3.05) is 18.4 Å². The van der Waals surface area contributed by atoms with Crippen molar-refractivity contribution in [3.05, 3.63) is 84.6 Å². The van der Waals surface area contributed by atoms with Crippen LogP contribution in [-0.2, 0) is 14.8 Å². The molecule has 0 bridgehead atoms. The van der Waals surface area contributed by atoms with Crippen molar-refractivity contribution in [3.63, 3.8) is 0 Å². The standard InChI is InChI=1S/C30H30N6O3S2/c1-20-8-7-9-23(18-20)36-28(26-19-31-27-11-4-3-10-25(26)27)33-34-30(36)40-21(2)29(37)32-22-12-14-24(15-13-22)41(38,39)35-16-5-6-17-35/h3-4,7-15,18-19,21,31H,5-6,16-17H2,1-2H3,(H,32,37)/t21-/m0/s1. The molecule has 0 spiro atoms. The number of aromatic amines is 1.